The highest BCUT2D eigenvalue weighted by atomic mass is 14.9. The summed E-state index contributed by atoms with van der Waals surface area (Å²) >= 11 is 0. The molecule has 0 amide bonds. The van der Waals surface area contributed by atoms with Gasteiger partial charge < -0.3 is 5.32 Å². The molecule has 15 heavy (non-hydrogen) atoms. The zero-order chi connectivity index (χ0) is 11.1. The van der Waals surface area contributed by atoms with E-state index in [0.717, 1.165) is 6.54 Å². The van der Waals surface area contributed by atoms with Gasteiger partial charge in [-0.2, -0.15) is 0 Å². The van der Waals surface area contributed by atoms with Crippen LogP contribution in [0.1, 0.15) is 45.1 Å². The van der Waals surface area contributed by atoms with Gasteiger partial charge in [0.2, 0.25) is 0 Å². The average molecular weight is 205 g/mol. The van der Waals surface area contributed by atoms with Crippen molar-refractivity contribution in [3.8, 4) is 0 Å². The smallest absolute Gasteiger partial charge is 0.00361 e. The minimum absolute atomic E-state index is 0.646. The van der Waals surface area contributed by atoms with Crippen LogP contribution in [0, 0.1) is 0 Å². The number of rotatable bonds is 6. The van der Waals surface area contributed by atoms with Gasteiger partial charge in [-0.3, -0.25) is 0 Å². The van der Waals surface area contributed by atoms with Crippen molar-refractivity contribution in [2.75, 3.05) is 6.54 Å². The lowest BCUT2D eigenvalue weighted by atomic mass is 9.98. The van der Waals surface area contributed by atoms with E-state index in [-0.39, 0.29) is 0 Å². The number of nitrogens with one attached hydrogen (secondary N) is 1. The molecule has 1 aromatic rings. The van der Waals surface area contributed by atoms with Crippen molar-refractivity contribution in [3.05, 3.63) is 35.9 Å². The molecule has 0 aliphatic heterocycles. The Bertz CT molecular complexity index is 255. The van der Waals surface area contributed by atoms with Crippen molar-refractivity contribution in [1.82, 2.24) is 5.32 Å². The zero-order valence-corrected chi connectivity index (χ0v) is 10.2. The van der Waals surface area contributed by atoms with E-state index in [4.69, 9.17) is 0 Å². The summed E-state index contributed by atoms with van der Waals surface area (Å²) in [6, 6.07) is 11.4. The van der Waals surface area contributed by atoms with Crippen LogP contribution in [0.2, 0.25) is 0 Å². The molecular weight excluding hydrogens is 182 g/mol. The molecule has 1 aromatic carbocycles. The lowest BCUT2D eigenvalue weighted by Crippen LogP contribution is -2.26. The normalized spacial score (nSPS) is 14.9. The Hall–Kier alpha value is -0.820. The Morgan fingerprint density at radius 3 is 2.40 bits per heavy atom. The first kappa shape index (κ1) is 12.3. The molecule has 0 fully saturated rings. The Labute approximate surface area is 93.9 Å². The summed E-state index contributed by atoms with van der Waals surface area (Å²) in [5.74, 6) is 0.655. The predicted molar refractivity (Wildman–Crippen MR) is 67.2 cm³/mol. The number of benzene rings is 1. The quantitative estimate of drug-likeness (QED) is 0.748. The van der Waals surface area contributed by atoms with E-state index >= 15 is 0 Å². The van der Waals surface area contributed by atoms with Crippen LogP contribution in [0.5, 0.6) is 0 Å². The van der Waals surface area contributed by atoms with Crippen LogP contribution >= 0.6 is 0 Å². The second-order valence-electron chi connectivity index (χ2n) is 4.36. The zero-order valence-electron chi connectivity index (χ0n) is 10.2. The molecule has 0 aliphatic rings. The van der Waals surface area contributed by atoms with Gasteiger partial charge in [-0.1, -0.05) is 44.2 Å². The third kappa shape index (κ3) is 4.48. The van der Waals surface area contributed by atoms with Crippen LogP contribution < -0.4 is 5.32 Å². The van der Waals surface area contributed by atoms with E-state index in [2.05, 4.69) is 56.4 Å². The molecule has 0 spiro atoms. The maximum absolute atomic E-state index is 3.53. The van der Waals surface area contributed by atoms with Crippen LogP contribution in [-0.4, -0.2) is 12.6 Å². The Morgan fingerprint density at radius 1 is 1.13 bits per heavy atom. The summed E-state index contributed by atoms with van der Waals surface area (Å²) in [4.78, 5) is 0. The third-order valence-electron chi connectivity index (χ3n) is 3.05. The molecule has 1 rings (SSSR count). The van der Waals surface area contributed by atoms with Crippen molar-refractivity contribution < 1.29 is 0 Å². The molecule has 1 heteroatoms. The summed E-state index contributed by atoms with van der Waals surface area (Å²) in [7, 11) is 0. The second-order valence-corrected chi connectivity index (χ2v) is 4.36. The van der Waals surface area contributed by atoms with Gasteiger partial charge in [-0.15, -0.1) is 0 Å². The van der Waals surface area contributed by atoms with Gasteiger partial charge >= 0.3 is 0 Å². The summed E-state index contributed by atoms with van der Waals surface area (Å²) in [5.41, 5.74) is 1.45. The number of hydrogen-bond donors (Lipinski definition) is 1. The molecule has 1 nitrogen and oxygen atoms in total. The van der Waals surface area contributed by atoms with E-state index < -0.39 is 0 Å². The molecule has 0 bridgehead atoms. The van der Waals surface area contributed by atoms with Crippen LogP contribution in [0.25, 0.3) is 0 Å². The lowest BCUT2D eigenvalue weighted by molar-refractivity contribution is 0.505. The van der Waals surface area contributed by atoms with E-state index in [0.29, 0.717) is 12.0 Å². The van der Waals surface area contributed by atoms with Crippen LogP contribution in [0.3, 0.4) is 0 Å². The summed E-state index contributed by atoms with van der Waals surface area (Å²) < 4.78 is 0. The fourth-order valence-corrected chi connectivity index (χ4v) is 1.64. The second kappa shape index (κ2) is 6.62. The Morgan fingerprint density at radius 2 is 1.80 bits per heavy atom. The standard InChI is InChI=1S/C14H23N/c1-4-13(3)15-11-10-12(2)14-8-6-5-7-9-14/h5-9,12-13,15H,4,10-11H2,1-3H3/t12-,13+/m0/s1. The topological polar surface area (TPSA) is 12.0 Å². The maximum atomic E-state index is 3.53. The summed E-state index contributed by atoms with van der Waals surface area (Å²) in [5, 5.41) is 3.53. The maximum Gasteiger partial charge on any atom is 0.00361 e. The van der Waals surface area contributed by atoms with Crippen molar-refractivity contribution in [1.29, 1.82) is 0 Å². The van der Waals surface area contributed by atoms with Crippen molar-refractivity contribution in [2.45, 2.75) is 45.6 Å². The molecule has 84 valence electrons. The molecule has 0 radical (unpaired) electrons. The van der Waals surface area contributed by atoms with E-state index in [9.17, 15) is 0 Å². The monoisotopic (exact) mass is 205 g/mol. The van der Waals surface area contributed by atoms with Gasteiger partial charge in [-0.25, -0.2) is 0 Å². The molecule has 0 saturated carbocycles. The molecule has 0 unspecified atom stereocenters. The highest BCUT2D eigenvalue weighted by Gasteiger charge is 2.04. The minimum Gasteiger partial charge on any atom is -0.314 e. The minimum atomic E-state index is 0.646. The van der Waals surface area contributed by atoms with Crippen molar-refractivity contribution in [2.24, 2.45) is 0 Å². The highest BCUT2D eigenvalue weighted by molar-refractivity contribution is 5.18. The van der Waals surface area contributed by atoms with E-state index in [1.165, 1.54) is 18.4 Å². The molecule has 0 aromatic heterocycles. The van der Waals surface area contributed by atoms with Crippen molar-refractivity contribution in [3.63, 3.8) is 0 Å². The van der Waals surface area contributed by atoms with Crippen LogP contribution in [0.15, 0.2) is 30.3 Å². The van der Waals surface area contributed by atoms with Gasteiger partial charge in [-0.05, 0) is 37.8 Å². The van der Waals surface area contributed by atoms with Crippen LogP contribution in [0.4, 0.5) is 0 Å². The molecule has 1 N–H and O–H groups in total. The molecule has 0 saturated heterocycles. The van der Waals surface area contributed by atoms with E-state index in [1.807, 2.05) is 0 Å². The molecular formula is C14H23N. The van der Waals surface area contributed by atoms with Gasteiger partial charge in [0, 0.05) is 6.04 Å². The Kier molecular flexibility index (Phi) is 5.41. The van der Waals surface area contributed by atoms with Gasteiger partial charge in [0.15, 0.2) is 0 Å². The van der Waals surface area contributed by atoms with E-state index in [1.54, 1.807) is 0 Å². The highest BCUT2D eigenvalue weighted by Crippen LogP contribution is 2.17. The predicted octanol–water partition coefficient (Wildman–Crippen LogP) is 3.57. The summed E-state index contributed by atoms with van der Waals surface area (Å²) in [6.45, 7) is 7.88. The largest absolute Gasteiger partial charge is 0.314 e. The molecule has 2 atom stereocenters. The third-order valence-corrected chi connectivity index (χ3v) is 3.05. The lowest BCUT2D eigenvalue weighted by Gasteiger charge is -2.15. The van der Waals surface area contributed by atoms with Gasteiger partial charge in [0.05, 0.1) is 0 Å². The first-order valence-electron chi connectivity index (χ1n) is 6.02. The van der Waals surface area contributed by atoms with Crippen LogP contribution in [-0.2, 0) is 0 Å². The molecule has 0 aliphatic carbocycles. The van der Waals surface area contributed by atoms with Crippen molar-refractivity contribution >= 4 is 0 Å². The molecule has 0 heterocycles. The average Bonchev–Trinajstić information content (AvgIpc) is 2.29. The fraction of sp³-hybridized carbons (Fsp3) is 0.571. The first-order valence-corrected chi connectivity index (χ1v) is 6.02. The Balaban J connectivity index is 2.28. The van der Waals surface area contributed by atoms with Gasteiger partial charge in [0.1, 0.15) is 0 Å². The SMILES string of the molecule is CC[C@@H](C)NCC[C@H](C)c1ccccc1. The number of hydrogen-bond acceptors (Lipinski definition) is 1. The first-order chi connectivity index (χ1) is 7.24. The summed E-state index contributed by atoms with van der Waals surface area (Å²) in [6.07, 6.45) is 2.42. The van der Waals surface area contributed by atoms with Gasteiger partial charge in [0.25, 0.3) is 0 Å². The fourth-order valence-electron chi connectivity index (χ4n) is 1.64.